The Morgan fingerprint density at radius 1 is 0.250 bits per heavy atom. The number of rotatable bonds is 4. The average molecular weight is 903 g/mol. The van der Waals surface area contributed by atoms with Gasteiger partial charge in [0.25, 0.3) is 0 Å². The molecule has 0 spiro atoms. The monoisotopic (exact) mass is 902 g/mol. The van der Waals surface area contributed by atoms with E-state index in [1.54, 1.807) is 0 Å². The Balaban J connectivity index is 1.70. The van der Waals surface area contributed by atoms with Gasteiger partial charge >= 0.3 is 0 Å². The Kier molecular flexibility index (Phi) is 9.79. The van der Waals surface area contributed by atoms with Gasteiger partial charge in [-0.15, -0.1) is 0 Å². The van der Waals surface area contributed by atoms with E-state index in [4.69, 9.17) is 0 Å². The molecule has 64 heavy (non-hydrogen) atoms. The van der Waals surface area contributed by atoms with Gasteiger partial charge in [-0.05, 0) is 48.5 Å². The molecule has 0 fully saturated rings. The molecule has 8 bridgehead atoms. The Bertz CT molecular complexity index is 3220. The smallest absolute Gasteiger partial charge is 0.187 e. The normalized spacial score (nSPS) is 12.9. The Morgan fingerprint density at radius 3 is 0.719 bits per heavy atom. The zero-order chi connectivity index (χ0) is 45.8. The first-order valence-electron chi connectivity index (χ1n) is 17.9. The standard InChI is InChI=1S/C44H14F16N4/c45-13-5-1-6-14(46)21(13)25-37-29(53)31(55)39(61-37)26(22-15(47)7-2-8-16(22)48)41-33(57)35(59)43(63-41)28(24-19(51)11-4-12-20(24)52)44-36(60)34(58)42(64-44)27(23-17(49)9-3-10-18(23)50)40-32(56)30(54)38(25)62-40/h1-12,61-62H. The molecule has 0 saturated carbocycles. The third-order valence-corrected chi connectivity index (χ3v) is 10.2. The summed E-state index contributed by atoms with van der Waals surface area (Å²) in [5.74, 6) is -33.0. The molecule has 0 amide bonds. The number of H-pyrrole nitrogens is 2. The first-order valence-corrected chi connectivity index (χ1v) is 17.9. The molecule has 5 heterocycles. The van der Waals surface area contributed by atoms with Crippen LogP contribution < -0.4 is 0 Å². The quantitative estimate of drug-likeness (QED) is 0.173. The molecule has 20 heteroatoms. The Labute approximate surface area is 345 Å². The fourth-order valence-corrected chi connectivity index (χ4v) is 7.49. The second-order valence-electron chi connectivity index (χ2n) is 13.8. The molecule has 4 aromatic carbocycles. The van der Waals surface area contributed by atoms with Gasteiger partial charge in [-0.3, -0.25) is 0 Å². The van der Waals surface area contributed by atoms with Crippen LogP contribution in [0.25, 0.3) is 89.9 Å². The van der Waals surface area contributed by atoms with E-state index in [1.807, 2.05) is 9.97 Å². The highest BCUT2D eigenvalue weighted by molar-refractivity contribution is 6.05. The summed E-state index contributed by atoms with van der Waals surface area (Å²) in [6, 6.07) is 6.64. The van der Waals surface area contributed by atoms with Crippen LogP contribution in [0.1, 0.15) is 22.8 Å². The van der Waals surface area contributed by atoms with Crippen LogP contribution in [0.5, 0.6) is 0 Å². The molecular formula is C44H14F16N4. The highest BCUT2D eigenvalue weighted by Gasteiger charge is 2.38. The van der Waals surface area contributed by atoms with E-state index in [9.17, 15) is 0 Å². The molecule has 0 atom stereocenters. The third kappa shape index (κ3) is 6.02. The minimum absolute atomic E-state index is 0.461. The van der Waals surface area contributed by atoms with Crippen molar-refractivity contribution in [2.45, 2.75) is 0 Å². The molecule has 9 rings (SSSR count). The molecule has 2 N–H and O–H groups in total. The van der Waals surface area contributed by atoms with Crippen molar-refractivity contribution in [3.8, 4) is 44.5 Å². The lowest BCUT2D eigenvalue weighted by molar-refractivity contribution is 0.527. The fraction of sp³-hybridized carbons (Fsp3) is 0. The first-order chi connectivity index (χ1) is 30.4. The minimum Gasteiger partial charge on any atom is -0.349 e. The Hall–Kier alpha value is -7.64. The summed E-state index contributed by atoms with van der Waals surface area (Å²) in [4.78, 5) is 10.8. The van der Waals surface area contributed by atoms with E-state index in [2.05, 4.69) is 9.97 Å². The number of benzene rings is 4. The number of halogens is 16. The molecule has 0 radical (unpaired) electrons. The molecule has 4 nitrogen and oxygen atoms in total. The maximum absolute atomic E-state index is 16.6. The van der Waals surface area contributed by atoms with E-state index < -0.39 is 182 Å². The highest BCUT2D eigenvalue weighted by atomic mass is 19.2. The molecule has 0 unspecified atom stereocenters. The number of aromatic nitrogens is 4. The van der Waals surface area contributed by atoms with Crippen molar-refractivity contribution in [3.05, 3.63) is 165 Å². The van der Waals surface area contributed by atoms with Crippen LogP contribution in [-0.4, -0.2) is 19.9 Å². The Morgan fingerprint density at radius 2 is 0.453 bits per heavy atom. The van der Waals surface area contributed by atoms with Crippen LogP contribution in [-0.2, 0) is 0 Å². The van der Waals surface area contributed by atoms with Crippen LogP contribution in [0.2, 0.25) is 0 Å². The number of nitrogens with zero attached hydrogens (tertiary/aromatic N) is 2. The second-order valence-corrected chi connectivity index (χ2v) is 13.8. The lowest BCUT2D eigenvalue weighted by Crippen LogP contribution is -1.99. The van der Waals surface area contributed by atoms with Crippen LogP contribution in [0.4, 0.5) is 70.2 Å². The summed E-state index contributed by atoms with van der Waals surface area (Å²) < 4.78 is 258. The molecule has 2 aliphatic heterocycles. The number of aromatic amines is 2. The van der Waals surface area contributed by atoms with Crippen molar-refractivity contribution >= 4 is 45.4 Å². The summed E-state index contributed by atoms with van der Waals surface area (Å²) in [6.07, 6.45) is 0. The summed E-state index contributed by atoms with van der Waals surface area (Å²) in [5.41, 5.74) is -26.5. The van der Waals surface area contributed by atoms with Crippen LogP contribution in [0, 0.1) is 69.8 Å². The maximum atomic E-state index is 16.6. The van der Waals surface area contributed by atoms with Gasteiger partial charge in [0.1, 0.15) is 69.3 Å². The van der Waals surface area contributed by atoms with E-state index in [0.717, 1.165) is 18.2 Å². The number of hydrogen-bond donors (Lipinski definition) is 2. The van der Waals surface area contributed by atoms with Crippen LogP contribution in [0.15, 0.2) is 72.8 Å². The molecule has 0 aliphatic carbocycles. The van der Waals surface area contributed by atoms with Crippen LogP contribution in [0.3, 0.4) is 0 Å². The van der Waals surface area contributed by atoms with Gasteiger partial charge in [0.15, 0.2) is 46.6 Å². The van der Waals surface area contributed by atoms with Crippen molar-refractivity contribution in [2.24, 2.45) is 0 Å². The van der Waals surface area contributed by atoms with Gasteiger partial charge in [-0.25, -0.2) is 80.2 Å². The molecule has 2 aliphatic rings. The molecule has 322 valence electrons. The molecule has 0 saturated heterocycles. The van der Waals surface area contributed by atoms with E-state index >= 15 is 70.2 Å². The van der Waals surface area contributed by atoms with Gasteiger partial charge in [0, 0.05) is 22.3 Å². The SMILES string of the molecule is FC1=C(F)c2nc1c(-c1c(F)cccc1F)c1nc(c(-c3c(F)cccc3F)c3[nH]c(c(F)c3F)c(-c3c(F)cccc3F)c3[nH]c(c(F)c3F)c2-c2c(F)cccc2F)C(F)=C1F. The topological polar surface area (TPSA) is 57.4 Å². The van der Waals surface area contributed by atoms with E-state index in [-0.39, 0.29) is 0 Å². The minimum atomic E-state index is -2.41. The van der Waals surface area contributed by atoms with Crippen LogP contribution >= 0.6 is 0 Å². The van der Waals surface area contributed by atoms with Gasteiger partial charge in [0.2, 0.25) is 0 Å². The first kappa shape index (κ1) is 41.7. The zero-order valence-electron chi connectivity index (χ0n) is 30.9. The van der Waals surface area contributed by atoms with Gasteiger partial charge in [-0.2, -0.15) is 0 Å². The number of fused-ring (bicyclic) bond motifs is 8. The number of hydrogen-bond acceptors (Lipinski definition) is 2. The second kappa shape index (κ2) is 15.0. The number of nitrogens with one attached hydrogen (secondary N) is 2. The predicted molar refractivity (Wildman–Crippen MR) is 200 cm³/mol. The summed E-state index contributed by atoms with van der Waals surface area (Å²) >= 11 is 0. The zero-order valence-corrected chi connectivity index (χ0v) is 30.9. The largest absolute Gasteiger partial charge is 0.349 e. The highest BCUT2D eigenvalue weighted by Crippen LogP contribution is 2.50. The van der Waals surface area contributed by atoms with Gasteiger partial charge < -0.3 is 9.97 Å². The third-order valence-electron chi connectivity index (χ3n) is 10.2. The lowest BCUT2D eigenvalue weighted by atomic mass is 9.99. The summed E-state index contributed by atoms with van der Waals surface area (Å²) in [7, 11) is 0. The van der Waals surface area contributed by atoms with E-state index in [1.165, 1.54) is 0 Å². The van der Waals surface area contributed by atoms with Crippen molar-refractivity contribution in [1.29, 1.82) is 0 Å². The van der Waals surface area contributed by atoms with Gasteiger partial charge in [-0.1, -0.05) is 24.3 Å². The summed E-state index contributed by atoms with van der Waals surface area (Å²) in [6.45, 7) is 0. The maximum Gasteiger partial charge on any atom is 0.187 e. The molecular weight excluding hydrogens is 888 g/mol. The van der Waals surface area contributed by atoms with Crippen molar-refractivity contribution in [1.82, 2.24) is 19.9 Å². The summed E-state index contributed by atoms with van der Waals surface area (Å²) in [5, 5.41) is 0. The fourth-order valence-electron chi connectivity index (χ4n) is 7.49. The van der Waals surface area contributed by atoms with E-state index in [0.29, 0.717) is 54.6 Å². The van der Waals surface area contributed by atoms with Crippen molar-refractivity contribution in [2.75, 3.05) is 0 Å². The van der Waals surface area contributed by atoms with Crippen molar-refractivity contribution < 1.29 is 70.2 Å². The molecule has 7 aromatic rings. The van der Waals surface area contributed by atoms with Gasteiger partial charge in [0.05, 0.1) is 44.3 Å². The lowest BCUT2D eigenvalue weighted by Gasteiger charge is -2.09. The average Bonchev–Trinajstić information content (AvgIpc) is 3.91. The molecule has 3 aromatic heterocycles. The predicted octanol–water partition coefficient (Wildman–Crippen LogP) is 14.2. The van der Waals surface area contributed by atoms with Crippen molar-refractivity contribution in [3.63, 3.8) is 0 Å².